The molecule has 1 aliphatic rings. The van der Waals surface area contributed by atoms with E-state index in [1.165, 1.54) is 0 Å². The Labute approximate surface area is 115 Å². The predicted octanol–water partition coefficient (Wildman–Crippen LogP) is 1.67. The van der Waals surface area contributed by atoms with Crippen molar-refractivity contribution in [1.29, 1.82) is 0 Å². The molecule has 1 aliphatic heterocycles. The van der Waals surface area contributed by atoms with E-state index in [2.05, 4.69) is 18.7 Å². The van der Waals surface area contributed by atoms with E-state index in [9.17, 15) is 8.42 Å². The van der Waals surface area contributed by atoms with Crippen LogP contribution in [0.15, 0.2) is 24.3 Å². The molecule has 1 atom stereocenters. The zero-order valence-electron chi connectivity index (χ0n) is 11.5. The lowest BCUT2D eigenvalue weighted by atomic mass is 10.1. The maximum absolute atomic E-state index is 11.6. The molecule has 1 aromatic carbocycles. The molecule has 2 N–H and O–H groups in total. The number of hydrogen-bond donors (Lipinski definition) is 1. The molecule has 4 nitrogen and oxygen atoms in total. The maximum atomic E-state index is 11.6. The van der Waals surface area contributed by atoms with E-state index in [0.717, 1.165) is 17.7 Å². The number of hydrogen-bond acceptors (Lipinski definition) is 4. The molecule has 1 heterocycles. The van der Waals surface area contributed by atoms with Gasteiger partial charge in [0, 0.05) is 24.3 Å². The van der Waals surface area contributed by atoms with Gasteiger partial charge in [0.25, 0.3) is 0 Å². The van der Waals surface area contributed by atoms with Crippen molar-refractivity contribution in [1.82, 2.24) is 4.90 Å². The molecule has 2 rings (SSSR count). The summed E-state index contributed by atoms with van der Waals surface area (Å²) in [5.74, 6) is 0.586. The highest BCUT2D eigenvalue weighted by atomic mass is 32.2. The highest BCUT2D eigenvalue weighted by molar-refractivity contribution is 7.91. The number of anilines is 1. The van der Waals surface area contributed by atoms with Crippen LogP contribution in [0.2, 0.25) is 0 Å². The number of para-hydroxylation sites is 1. The fourth-order valence-corrected chi connectivity index (χ4v) is 4.39. The summed E-state index contributed by atoms with van der Waals surface area (Å²) >= 11 is 0. The Morgan fingerprint density at radius 3 is 2.58 bits per heavy atom. The molecular formula is C14H22N2O2S. The van der Waals surface area contributed by atoms with E-state index in [1.54, 1.807) is 0 Å². The Bertz CT molecular complexity index is 540. The van der Waals surface area contributed by atoms with Crippen molar-refractivity contribution in [3.8, 4) is 0 Å². The summed E-state index contributed by atoms with van der Waals surface area (Å²) in [5.41, 5.74) is 7.82. The lowest BCUT2D eigenvalue weighted by Gasteiger charge is -2.32. The van der Waals surface area contributed by atoms with Crippen molar-refractivity contribution in [2.75, 3.05) is 17.2 Å². The zero-order valence-corrected chi connectivity index (χ0v) is 12.4. The molecular weight excluding hydrogens is 260 g/mol. The molecule has 1 saturated heterocycles. The van der Waals surface area contributed by atoms with E-state index < -0.39 is 9.84 Å². The summed E-state index contributed by atoms with van der Waals surface area (Å²) in [6.45, 7) is 4.92. The van der Waals surface area contributed by atoms with Gasteiger partial charge in [-0.1, -0.05) is 18.2 Å². The molecule has 0 bridgehead atoms. The molecule has 0 amide bonds. The van der Waals surface area contributed by atoms with Crippen LogP contribution in [-0.4, -0.2) is 36.9 Å². The molecule has 0 spiro atoms. The van der Waals surface area contributed by atoms with Gasteiger partial charge >= 0.3 is 0 Å². The summed E-state index contributed by atoms with van der Waals surface area (Å²) in [6.07, 6.45) is 0.729. The summed E-state index contributed by atoms with van der Waals surface area (Å²) in [5, 5.41) is 0. The Morgan fingerprint density at radius 2 is 2.05 bits per heavy atom. The van der Waals surface area contributed by atoms with Crippen LogP contribution in [-0.2, 0) is 16.4 Å². The molecule has 19 heavy (non-hydrogen) atoms. The van der Waals surface area contributed by atoms with Gasteiger partial charge in [-0.05, 0) is 31.9 Å². The zero-order chi connectivity index (χ0) is 14.0. The Balaban J connectivity index is 2.16. The quantitative estimate of drug-likeness (QED) is 0.853. The van der Waals surface area contributed by atoms with E-state index in [1.807, 2.05) is 24.3 Å². The van der Waals surface area contributed by atoms with Gasteiger partial charge in [0.15, 0.2) is 9.84 Å². The minimum Gasteiger partial charge on any atom is -0.398 e. The first kappa shape index (κ1) is 14.3. The average molecular weight is 282 g/mol. The van der Waals surface area contributed by atoms with Gasteiger partial charge in [-0.2, -0.15) is 0 Å². The van der Waals surface area contributed by atoms with Gasteiger partial charge in [0.1, 0.15) is 0 Å². The topological polar surface area (TPSA) is 63.4 Å². The summed E-state index contributed by atoms with van der Waals surface area (Å²) < 4.78 is 23.3. The van der Waals surface area contributed by atoms with Gasteiger partial charge in [-0.25, -0.2) is 8.42 Å². The minimum atomic E-state index is -2.85. The first-order chi connectivity index (χ1) is 8.89. The number of nitrogens with two attached hydrogens (primary N) is 1. The molecule has 0 aromatic heterocycles. The number of rotatable bonds is 4. The van der Waals surface area contributed by atoms with Crippen LogP contribution in [0.25, 0.3) is 0 Å². The van der Waals surface area contributed by atoms with Gasteiger partial charge in [-0.3, -0.25) is 4.90 Å². The van der Waals surface area contributed by atoms with E-state index in [4.69, 9.17) is 5.73 Å². The lowest BCUT2D eigenvalue weighted by Crippen LogP contribution is -2.40. The first-order valence-corrected chi connectivity index (χ1v) is 8.51. The molecule has 106 valence electrons. The predicted molar refractivity (Wildman–Crippen MR) is 78.6 cm³/mol. The number of sulfone groups is 1. The highest BCUT2D eigenvalue weighted by Gasteiger charge is 2.33. The average Bonchev–Trinajstić information content (AvgIpc) is 2.68. The Morgan fingerprint density at radius 1 is 1.37 bits per heavy atom. The normalized spacial score (nSPS) is 22.2. The first-order valence-electron chi connectivity index (χ1n) is 6.68. The van der Waals surface area contributed by atoms with Gasteiger partial charge in [0.2, 0.25) is 0 Å². The maximum Gasteiger partial charge on any atom is 0.151 e. The van der Waals surface area contributed by atoms with Crippen LogP contribution >= 0.6 is 0 Å². The van der Waals surface area contributed by atoms with Gasteiger partial charge < -0.3 is 5.73 Å². The molecule has 0 saturated carbocycles. The number of nitrogens with zero attached hydrogens (tertiary/aromatic N) is 1. The summed E-state index contributed by atoms with van der Waals surface area (Å²) in [7, 11) is -2.85. The fraction of sp³-hybridized carbons (Fsp3) is 0.571. The Hall–Kier alpha value is -1.07. The van der Waals surface area contributed by atoms with Crippen molar-refractivity contribution in [3.05, 3.63) is 29.8 Å². The van der Waals surface area contributed by atoms with Crippen LogP contribution in [0, 0.1) is 0 Å². The van der Waals surface area contributed by atoms with Crippen LogP contribution in [0.3, 0.4) is 0 Å². The summed E-state index contributed by atoms with van der Waals surface area (Å²) in [6, 6.07) is 8.20. The van der Waals surface area contributed by atoms with Crippen molar-refractivity contribution in [2.45, 2.75) is 38.9 Å². The standard InChI is InChI=1S/C14H22N2O2S/c1-11(2)16(13-7-8-19(17,18)10-13)9-12-5-3-4-6-14(12)15/h3-6,11,13H,7-10,15H2,1-2H3. The second kappa shape index (κ2) is 5.51. The van der Waals surface area contributed by atoms with Crippen molar-refractivity contribution >= 4 is 15.5 Å². The SMILES string of the molecule is CC(C)N(Cc1ccccc1N)C1CCS(=O)(=O)C1. The van der Waals surface area contributed by atoms with Crippen LogP contribution in [0.1, 0.15) is 25.8 Å². The van der Waals surface area contributed by atoms with Gasteiger partial charge in [-0.15, -0.1) is 0 Å². The second-order valence-corrected chi connectivity index (χ2v) is 7.75. The second-order valence-electron chi connectivity index (χ2n) is 5.52. The van der Waals surface area contributed by atoms with Crippen LogP contribution < -0.4 is 5.73 Å². The van der Waals surface area contributed by atoms with Crippen LogP contribution in [0.4, 0.5) is 5.69 Å². The Kier molecular flexibility index (Phi) is 4.16. The van der Waals surface area contributed by atoms with Crippen LogP contribution in [0.5, 0.6) is 0 Å². The molecule has 1 unspecified atom stereocenters. The third-order valence-electron chi connectivity index (χ3n) is 3.75. The lowest BCUT2D eigenvalue weighted by molar-refractivity contribution is 0.158. The smallest absolute Gasteiger partial charge is 0.151 e. The molecule has 5 heteroatoms. The number of benzene rings is 1. The molecule has 1 aromatic rings. The molecule has 0 aliphatic carbocycles. The van der Waals surface area contributed by atoms with Crippen molar-refractivity contribution in [3.63, 3.8) is 0 Å². The van der Waals surface area contributed by atoms with E-state index >= 15 is 0 Å². The van der Waals surface area contributed by atoms with Crippen molar-refractivity contribution in [2.24, 2.45) is 0 Å². The monoisotopic (exact) mass is 282 g/mol. The van der Waals surface area contributed by atoms with E-state index in [-0.39, 0.29) is 11.8 Å². The fourth-order valence-electron chi connectivity index (χ4n) is 2.65. The number of nitrogen functional groups attached to an aromatic ring is 1. The van der Waals surface area contributed by atoms with Gasteiger partial charge in [0.05, 0.1) is 11.5 Å². The molecule has 1 fully saturated rings. The largest absolute Gasteiger partial charge is 0.398 e. The van der Waals surface area contributed by atoms with E-state index in [0.29, 0.717) is 18.3 Å². The third-order valence-corrected chi connectivity index (χ3v) is 5.50. The minimum absolute atomic E-state index is 0.115. The third kappa shape index (κ3) is 3.48. The molecule has 0 radical (unpaired) electrons. The highest BCUT2D eigenvalue weighted by Crippen LogP contribution is 2.23. The summed E-state index contributed by atoms with van der Waals surface area (Å²) in [4.78, 5) is 2.25. The van der Waals surface area contributed by atoms with Crippen molar-refractivity contribution < 1.29 is 8.42 Å².